The molecule has 0 aliphatic rings. The zero-order valence-electron chi connectivity index (χ0n) is 12.1. The summed E-state index contributed by atoms with van der Waals surface area (Å²) in [6.07, 6.45) is 0.461. The highest BCUT2D eigenvalue weighted by Crippen LogP contribution is 2.23. The first-order chi connectivity index (χ1) is 9.51. The molecule has 20 heavy (non-hydrogen) atoms. The van der Waals surface area contributed by atoms with Crippen LogP contribution >= 0.6 is 0 Å². The Labute approximate surface area is 119 Å². The molecule has 112 valence electrons. The van der Waals surface area contributed by atoms with E-state index in [-0.39, 0.29) is 42.4 Å². The monoisotopic (exact) mass is 283 g/mol. The molecule has 1 atom stereocenters. The number of para-hydroxylation sites is 1. The largest absolute Gasteiger partial charge is 0.490 e. The average Bonchev–Trinajstić information content (AvgIpc) is 2.40. The van der Waals surface area contributed by atoms with Gasteiger partial charge in [0.15, 0.2) is 11.6 Å². The van der Waals surface area contributed by atoms with Crippen molar-refractivity contribution >= 4 is 5.91 Å². The van der Waals surface area contributed by atoms with Gasteiger partial charge in [0.2, 0.25) is 0 Å². The molecule has 1 aromatic carbocycles. The third-order valence-corrected chi connectivity index (χ3v) is 3.06. The fourth-order valence-electron chi connectivity index (χ4n) is 1.94. The van der Waals surface area contributed by atoms with Crippen molar-refractivity contribution in [3.63, 3.8) is 0 Å². The van der Waals surface area contributed by atoms with Crippen LogP contribution in [0.4, 0.5) is 4.39 Å². The van der Waals surface area contributed by atoms with E-state index in [4.69, 9.17) is 9.84 Å². The van der Waals surface area contributed by atoms with E-state index >= 15 is 0 Å². The van der Waals surface area contributed by atoms with Crippen LogP contribution in [-0.2, 0) is 0 Å². The van der Waals surface area contributed by atoms with Gasteiger partial charge >= 0.3 is 0 Å². The van der Waals surface area contributed by atoms with Gasteiger partial charge in [-0.05, 0) is 31.4 Å². The molecule has 4 nitrogen and oxygen atoms in total. The first-order valence-corrected chi connectivity index (χ1v) is 6.84. The van der Waals surface area contributed by atoms with Crippen LogP contribution in [0.15, 0.2) is 18.2 Å². The van der Waals surface area contributed by atoms with Crippen LogP contribution in [0.5, 0.6) is 5.75 Å². The Bertz CT molecular complexity index is 449. The van der Waals surface area contributed by atoms with Gasteiger partial charge in [0.25, 0.3) is 5.91 Å². The fourth-order valence-corrected chi connectivity index (χ4v) is 1.94. The number of carbonyl (C=O) groups is 1. The number of nitrogens with one attached hydrogen (secondary N) is 1. The molecule has 0 spiro atoms. The van der Waals surface area contributed by atoms with Crippen molar-refractivity contribution in [1.29, 1.82) is 0 Å². The van der Waals surface area contributed by atoms with Gasteiger partial charge in [0.1, 0.15) is 0 Å². The predicted octanol–water partition coefficient (Wildman–Crippen LogP) is 2.36. The van der Waals surface area contributed by atoms with Crippen molar-refractivity contribution in [2.24, 2.45) is 5.92 Å². The van der Waals surface area contributed by atoms with Crippen LogP contribution in [-0.4, -0.2) is 30.3 Å². The van der Waals surface area contributed by atoms with Gasteiger partial charge in [0, 0.05) is 12.6 Å². The lowest BCUT2D eigenvalue weighted by Crippen LogP contribution is -2.39. The van der Waals surface area contributed by atoms with Crippen LogP contribution in [0.1, 0.15) is 37.6 Å². The highest BCUT2D eigenvalue weighted by atomic mass is 19.1. The Balaban J connectivity index is 2.94. The number of rotatable bonds is 7. The van der Waals surface area contributed by atoms with Crippen LogP contribution in [0, 0.1) is 11.7 Å². The number of halogens is 1. The van der Waals surface area contributed by atoms with Gasteiger partial charge in [-0.15, -0.1) is 0 Å². The summed E-state index contributed by atoms with van der Waals surface area (Å²) in [6, 6.07) is 4.10. The number of carbonyl (C=O) groups excluding carboxylic acids is 1. The standard InChI is InChI=1S/C15H22FNO3/c1-4-20-14-11(6-5-7-12(14)16)15(19)17-13(8-9-18)10(2)3/h5-7,10,13,18H,4,8-9H2,1-3H3,(H,17,19). The number of amides is 1. The van der Waals surface area contributed by atoms with E-state index in [0.29, 0.717) is 6.42 Å². The summed E-state index contributed by atoms with van der Waals surface area (Å²) >= 11 is 0. The highest BCUT2D eigenvalue weighted by molar-refractivity contribution is 5.97. The molecule has 2 N–H and O–H groups in total. The molecule has 0 radical (unpaired) electrons. The SMILES string of the molecule is CCOc1c(F)cccc1C(=O)NC(CCO)C(C)C. The molecular formula is C15H22FNO3. The van der Waals surface area contributed by atoms with Crippen LogP contribution < -0.4 is 10.1 Å². The Hall–Kier alpha value is -1.62. The lowest BCUT2D eigenvalue weighted by molar-refractivity contribution is 0.0912. The predicted molar refractivity (Wildman–Crippen MR) is 75.4 cm³/mol. The van der Waals surface area contributed by atoms with E-state index in [1.54, 1.807) is 6.92 Å². The topological polar surface area (TPSA) is 58.6 Å². The molecule has 1 aromatic rings. The maximum absolute atomic E-state index is 13.7. The van der Waals surface area contributed by atoms with Gasteiger partial charge in [0.05, 0.1) is 12.2 Å². The van der Waals surface area contributed by atoms with Crippen LogP contribution in [0.2, 0.25) is 0 Å². The van der Waals surface area contributed by atoms with Gasteiger partial charge < -0.3 is 15.2 Å². The summed E-state index contributed by atoms with van der Waals surface area (Å²) in [5, 5.41) is 11.8. The smallest absolute Gasteiger partial charge is 0.255 e. The van der Waals surface area contributed by atoms with Gasteiger partial charge in [-0.25, -0.2) is 4.39 Å². The Morgan fingerprint density at radius 3 is 2.70 bits per heavy atom. The molecule has 0 fully saturated rings. The second kappa shape index (κ2) is 7.85. The molecule has 5 heteroatoms. The minimum absolute atomic E-state index is 0.00933. The molecule has 0 saturated carbocycles. The number of hydrogen-bond donors (Lipinski definition) is 2. The van der Waals surface area contributed by atoms with Crippen molar-refractivity contribution in [3.8, 4) is 5.75 Å². The summed E-state index contributed by atoms with van der Waals surface area (Å²) in [5.41, 5.74) is 0.176. The van der Waals surface area contributed by atoms with Crippen molar-refractivity contribution in [2.75, 3.05) is 13.2 Å². The summed E-state index contributed by atoms with van der Waals surface area (Å²) < 4.78 is 18.9. The fraction of sp³-hybridized carbons (Fsp3) is 0.533. The van der Waals surface area contributed by atoms with Gasteiger partial charge in [-0.2, -0.15) is 0 Å². The number of benzene rings is 1. The summed E-state index contributed by atoms with van der Waals surface area (Å²) in [5.74, 6) is -0.794. The van der Waals surface area contributed by atoms with Crippen molar-refractivity contribution in [3.05, 3.63) is 29.6 Å². The van der Waals surface area contributed by atoms with Crippen LogP contribution in [0.3, 0.4) is 0 Å². The Kier molecular flexibility index (Phi) is 6.45. The molecule has 1 amide bonds. The third-order valence-electron chi connectivity index (χ3n) is 3.06. The number of hydrogen-bond acceptors (Lipinski definition) is 3. The van der Waals surface area contributed by atoms with Crippen molar-refractivity contribution in [1.82, 2.24) is 5.32 Å². The second-order valence-electron chi connectivity index (χ2n) is 4.89. The molecule has 1 rings (SSSR count). The van der Waals surface area contributed by atoms with E-state index in [1.807, 2.05) is 13.8 Å². The van der Waals surface area contributed by atoms with Crippen molar-refractivity contribution in [2.45, 2.75) is 33.2 Å². The highest BCUT2D eigenvalue weighted by Gasteiger charge is 2.21. The molecule has 0 heterocycles. The molecule has 0 aromatic heterocycles. The average molecular weight is 283 g/mol. The maximum Gasteiger partial charge on any atom is 0.255 e. The molecule has 0 aliphatic heterocycles. The van der Waals surface area contributed by atoms with Gasteiger partial charge in [-0.3, -0.25) is 4.79 Å². The maximum atomic E-state index is 13.7. The molecular weight excluding hydrogens is 261 g/mol. The normalized spacial score (nSPS) is 12.3. The summed E-state index contributed by atoms with van der Waals surface area (Å²) in [4.78, 5) is 12.2. The summed E-state index contributed by atoms with van der Waals surface area (Å²) in [7, 11) is 0. The Morgan fingerprint density at radius 2 is 2.15 bits per heavy atom. The minimum Gasteiger partial charge on any atom is -0.490 e. The molecule has 0 saturated heterocycles. The number of aliphatic hydroxyl groups excluding tert-OH is 1. The quantitative estimate of drug-likeness (QED) is 0.807. The number of ether oxygens (including phenoxy) is 1. The molecule has 0 bridgehead atoms. The van der Waals surface area contributed by atoms with E-state index in [1.165, 1.54) is 18.2 Å². The Morgan fingerprint density at radius 1 is 1.45 bits per heavy atom. The van der Waals surface area contributed by atoms with Crippen LogP contribution in [0.25, 0.3) is 0 Å². The zero-order valence-corrected chi connectivity index (χ0v) is 12.1. The van der Waals surface area contributed by atoms with E-state index in [0.717, 1.165) is 0 Å². The van der Waals surface area contributed by atoms with E-state index in [2.05, 4.69) is 5.32 Å². The lowest BCUT2D eigenvalue weighted by Gasteiger charge is -2.22. The first-order valence-electron chi connectivity index (χ1n) is 6.84. The number of aliphatic hydroxyl groups is 1. The summed E-state index contributed by atoms with van der Waals surface area (Å²) in [6.45, 7) is 5.91. The minimum atomic E-state index is -0.553. The molecule has 1 unspecified atom stereocenters. The zero-order chi connectivity index (χ0) is 15.1. The first kappa shape index (κ1) is 16.4. The third kappa shape index (κ3) is 4.20. The molecule has 0 aliphatic carbocycles. The van der Waals surface area contributed by atoms with Crippen molar-refractivity contribution < 1.29 is 19.0 Å². The lowest BCUT2D eigenvalue weighted by atomic mass is 10.0. The van der Waals surface area contributed by atoms with E-state index < -0.39 is 5.82 Å². The second-order valence-corrected chi connectivity index (χ2v) is 4.89. The van der Waals surface area contributed by atoms with Gasteiger partial charge in [-0.1, -0.05) is 19.9 Å². The van der Waals surface area contributed by atoms with E-state index in [9.17, 15) is 9.18 Å².